The molecule has 1 heterocycles. The molecule has 1 fully saturated rings. The summed E-state index contributed by atoms with van der Waals surface area (Å²) in [4.78, 5) is 15.5. The Bertz CT molecular complexity index is 602. The first-order chi connectivity index (χ1) is 8.16. The molecule has 1 aromatic carbocycles. The number of para-hydroxylation sites is 1. The maximum atomic E-state index is 11.0. The van der Waals surface area contributed by atoms with Crippen molar-refractivity contribution >= 4 is 32.9 Å². The molecule has 5 heteroatoms. The maximum absolute atomic E-state index is 11.0. The average molecular weight is 295 g/mol. The Morgan fingerprint density at radius 1 is 1.53 bits per heavy atom. The Kier molecular flexibility index (Phi) is 2.43. The quantitative estimate of drug-likeness (QED) is 0.947. The van der Waals surface area contributed by atoms with E-state index >= 15 is 0 Å². The topological polar surface area (TPSA) is 55.1 Å². The van der Waals surface area contributed by atoms with Crippen LogP contribution in [0.2, 0.25) is 0 Å². The fourth-order valence-electron chi connectivity index (χ4n) is 2.11. The molecule has 0 amide bonds. The van der Waals surface area contributed by atoms with Crippen molar-refractivity contribution in [2.24, 2.45) is 0 Å². The minimum absolute atomic E-state index is 0.0229. The predicted octanol–water partition coefficient (Wildman–Crippen LogP) is 2.76. The van der Waals surface area contributed by atoms with E-state index in [0.717, 1.165) is 34.2 Å². The number of carbonyl (C=O) groups is 1. The number of rotatable bonds is 3. The molecule has 0 radical (unpaired) electrons. The van der Waals surface area contributed by atoms with E-state index in [1.165, 1.54) is 0 Å². The van der Waals surface area contributed by atoms with Crippen molar-refractivity contribution in [2.75, 3.05) is 0 Å². The van der Waals surface area contributed by atoms with Gasteiger partial charge in [-0.3, -0.25) is 4.79 Å². The van der Waals surface area contributed by atoms with E-state index in [-0.39, 0.29) is 6.54 Å². The zero-order chi connectivity index (χ0) is 12.0. The van der Waals surface area contributed by atoms with Gasteiger partial charge in [0.15, 0.2) is 0 Å². The van der Waals surface area contributed by atoms with Gasteiger partial charge in [0.2, 0.25) is 0 Å². The van der Waals surface area contributed by atoms with E-state index < -0.39 is 5.97 Å². The van der Waals surface area contributed by atoms with Crippen LogP contribution in [0.1, 0.15) is 24.6 Å². The van der Waals surface area contributed by atoms with Crippen LogP contribution in [-0.4, -0.2) is 20.6 Å². The van der Waals surface area contributed by atoms with Crippen molar-refractivity contribution in [1.29, 1.82) is 0 Å². The molecule has 1 N–H and O–H groups in total. The summed E-state index contributed by atoms with van der Waals surface area (Å²) in [6.45, 7) is -0.0229. The van der Waals surface area contributed by atoms with Crippen molar-refractivity contribution in [2.45, 2.75) is 25.3 Å². The summed E-state index contributed by atoms with van der Waals surface area (Å²) in [6, 6.07) is 5.75. The van der Waals surface area contributed by atoms with E-state index in [1.54, 1.807) is 0 Å². The Morgan fingerprint density at radius 3 is 2.94 bits per heavy atom. The molecule has 2 aromatic rings. The number of carboxylic acids is 1. The molecule has 88 valence electrons. The van der Waals surface area contributed by atoms with Gasteiger partial charge in [0.1, 0.15) is 12.4 Å². The van der Waals surface area contributed by atoms with Gasteiger partial charge in [-0.1, -0.05) is 6.07 Å². The highest BCUT2D eigenvalue weighted by molar-refractivity contribution is 9.10. The summed E-state index contributed by atoms with van der Waals surface area (Å²) in [5.41, 5.74) is 1.75. The number of carboxylic acid groups (broad SMARTS) is 1. The summed E-state index contributed by atoms with van der Waals surface area (Å²) in [7, 11) is 0. The highest BCUT2D eigenvalue weighted by Crippen LogP contribution is 2.41. The van der Waals surface area contributed by atoms with Gasteiger partial charge in [-0.25, -0.2) is 4.98 Å². The molecule has 1 aliphatic carbocycles. The van der Waals surface area contributed by atoms with Gasteiger partial charge in [0.25, 0.3) is 0 Å². The van der Waals surface area contributed by atoms with Crippen LogP contribution in [0.25, 0.3) is 11.0 Å². The fourth-order valence-corrected chi connectivity index (χ4v) is 2.68. The zero-order valence-electron chi connectivity index (χ0n) is 9.06. The minimum Gasteiger partial charge on any atom is -0.480 e. The molecule has 0 bridgehead atoms. The van der Waals surface area contributed by atoms with Crippen LogP contribution in [0, 0.1) is 0 Å². The third kappa shape index (κ3) is 1.84. The fraction of sp³-hybridized carbons (Fsp3) is 0.333. The van der Waals surface area contributed by atoms with Gasteiger partial charge in [-0.2, -0.15) is 0 Å². The van der Waals surface area contributed by atoms with Gasteiger partial charge in [0, 0.05) is 10.4 Å². The van der Waals surface area contributed by atoms with E-state index in [0.29, 0.717) is 5.92 Å². The van der Waals surface area contributed by atoms with Gasteiger partial charge in [-0.15, -0.1) is 0 Å². The summed E-state index contributed by atoms with van der Waals surface area (Å²) in [5, 5.41) is 9.00. The standard InChI is InChI=1S/C12H11BrN2O2/c13-8-2-1-3-9-11(8)15(6-10(16)17)12(14-9)7-4-5-7/h1-3,7H,4-6H2,(H,16,17). The van der Waals surface area contributed by atoms with Crippen molar-refractivity contribution in [3.8, 4) is 0 Å². The molecule has 1 aromatic heterocycles. The van der Waals surface area contributed by atoms with Crippen molar-refractivity contribution < 1.29 is 9.90 Å². The third-order valence-corrected chi connectivity index (χ3v) is 3.62. The number of benzene rings is 1. The van der Waals surface area contributed by atoms with Crippen molar-refractivity contribution in [3.63, 3.8) is 0 Å². The molecule has 0 aliphatic heterocycles. The summed E-state index contributed by atoms with van der Waals surface area (Å²) >= 11 is 3.47. The maximum Gasteiger partial charge on any atom is 0.323 e. The number of imidazole rings is 1. The first-order valence-electron chi connectivity index (χ1n) is 5.53. The second kappa shape index (κ2) is 3.84. The van der Waals surface area contributed by atoms with Crippen molar-refractivity contribution in [1.82, 2.24) is 9.55 Å². The Labute approximate surface area is 106 Å². The molecule has 3 rings (SSSR count). The van der Waals surface area contributed by atoms with Crippen LogP contribution in [0.3, 0.4) is 0 Å². The first-order valence-corrected chi connectivity index (χ1v) is 6.32. The zero-order valence-corrected chi connectivity index (χ0v) is 10.6. The van der Waals surface area contributed by atoms with Crippen LogP contribution < -0.4 is 0 Å². The molecular weight excluding hydrogens is 284 g/mol. The third-order valence-electron chi connectivity index (χ3n) is 2.98. The molecule has 0 spiro atoms. The number of hydrogen-bond donors (Lipinski definition) is 1. The van der Waals surface area contributed by atoms with Crippen molar-refractivity contribution in [3.05, 3.63) is 28.5 Å². The lowest BCUT2D eigenvalue weighted by atomic mass is 10.3. The van der Waals surface area contributed by atoms with E-state index in [2.05, 4.69) is 20.9 Å². The van der Waals surface area contributed by atoms with E-state index in [1.807, 2.05) is 22.8 Å². The molecule has 0 unspecified atom stereocenters. The minimum atomic E-state index is -0.832. The molecule has 4 nitrogen and oxygen atoms in total. The smallest absolute Gasteiger partial charge is 0.323 e. The van der Waals surface area contributed by atoms with E-state index in [4.69, 9.17) is 5.11 Å². The first kappa shape index (κ1) is 10.8. The van der Waals surface area contributed by atoms with Gasteiger partial charge in [-0.05, 0) is 40.9 Å². The number of fused-ring (bicyclic) bond motifs is 1. The second-order valence-electron chi connectivity index (χ2n) is 4.33. The Hall–Kier alpha value is -1.36. The summed E-state index contributed by atoms with van der Waals surface area (Å²) in [5.74, 6) is 0.518. The SMILES string of the molecule is O=C(O)Cn1c(C2CC2)nc2cccc(Br)c21. The highest BCUT2D eigenvalue weighted by atomic mass is 79.9. The lowest BCUT2D eigenvalue weighted by Gasteiger charge is -2.06. The number of aliphatic carboxylic acids is 1. The Balaban J connectivity index is 2.24. The van der Waals surface area contributed by atoms with Crippen LogP contribution in [0.4, 0.5) is 0 Å². The van der Waals surface area contributed by atoms with Gasteiger partial charge < -0.3 is 9.67 Å². The predicted molar refractivity (Wildman–Crippen MR) is 67.0 cm³/mol. The lowest BCUT2D eigenvalue weighted by Crippen LogP contribution is -2.11. The monoisotopic (exact) mass is 294 g/mol. The normalized spacial score (nSPS) is 15.4. The van der Waals surface area contributed by atoms with Crippen LogP contribution in [-0.2, 0) is 11.3 Å². The summed E-state index contributed by atoms with van der Waals surface area (Å²) in [6.07, 6.45) is 2.22. The molecule has 0 saturated heterocycles. The number of halogens is 1. The largest absolute Gasteiger partial charge is 0.480 e. The highest BCUT2D eigenvalue weighted by Gasteiger charge is 2.30. The van der Waals surface area contributed by atoms with Crippen LogP contribution in [0.15, 0.2) is 22.7 Å². The molecule has 1 saturated carbocycles. The van der Waals surface area contributed by atoms with Crippen LogP contribution >= 0.6 is 15.9 Å². The molecule has 17 heavy (non-hydrogen) atoms. The van der Waals surface area contributed by atoms with E-state index in [9.17, 15) is 4.79 Å². The number of hydrogen-bond acceptors (Lipinski definition) is 2. The second-order valence-corrected chi connectivity index (χ2v) is 5.19. The average Bonchev–Trinajstić information content (AvgIpc) is 3.03. The molecule has 0 atom stereocenters. The molecule has 1 aliphatic rings. The van der Waals surface area contributed by atoms with Gasteiger partial charge >= 0.3 is 5.97 Å². The summed E-state index contributed by atoms with van der Waals surface area (Å²) < 4.78 is 2.72. The Morgan fingerprint density at radius 2 is 2.29 bits per heavy atom. The van der Waals surface area contributed by atoms with Gasteiger partial charge in [0.05, 0.1) is 11.0 Å². The number of nitrogens with zero attached hydrogens (tertiary/aromatic N) is 2. The lowest BCUT2D eigenvalue weighted by molar-refractivity contribution is -0.137. The molecular formula is C12H11BrN2O2. The number of aromatic nitrogens is 2. The van der Waals surface area contributed by atoms with Crippen LogP contribution in [0.5, 0.6) is 0 Å².